The van der Waals surface area contributed by atoms with Gasteiger partial charge in [-0.2, -0.15) is 0 Å². The van der Waals surface area contributed by atoms with E-state index in [0.29, 0.717) is 10.0 Å². The number of ketones is 1. The number of benzene rings is 2. The van der Waals surface area contributed by atoms with Crippen LogP contribution in [0.15, 0.2) is 48.5 Å². The number of halogens is 2. The molecule has 0 bridgehead atoms. The minimum atomic E-state index is 0.0777. The highest BCUT2D eigenvalue weighted by Crippen LogP contribution is 2.26. The standard InChI is InChI=1S/C19H19Cl2NO/c20-17-9-8-14(11-18(17)21)12-22-10-4-7-16(13-22)19(23)15-5-2-1-3-6-15/h1-3,5-6,8-9,11,16H,4,7,10,12-13H2. The summed E-state index contributed by atoms with van der Waals surface area (Å²) < 4.78 is 0. The Hall–Kier alpha value is -1.35. The fourth-order valence-electron chi connectivity index (χ4n) is 3.15. The van der Waals surface area contributed by atoms with Crippen LogP contribution in [0.2, 0.25) is 10.0 Å². The first-order chi connectivity index (χ1) is 11.1. The van der Waals surface area contributed by atoms with Gasteiger partial charge in [-0.05, 0) is 37.1 Å². The Morgan fingerprint density at radius 1 is 1.09 bits per heavy atom. The normalized spacial score (nSPS) is 18.8. The van der Waals surface area contributed by atoms with E-state index >= 15 is 0 Å². The number of hydrogen-bond acceptors (Lipinski definition) is 2. The van der Waals surface area contributed by atoms with Gasteiger partial charge in [-0.25, -0.2) is 0 Å². The van der Waals surface area contributed by atoms with Gasteiger partial charge in [0.25, 0.3) is 0 Å². The molecule has 0 radical (unpaired) electrons. The summed E-state index contributed by atoms with van der Waals surface area (Å²) in [5.74, 6) is 0.332. The highest BCUT2D eigenvalue weighted by atomic mass is 35.5. The topological polar surface area (TPSA) is 20.3 Å². The summed E-state index contributed by atoms with van der Waals surface area (Å²) in [5, 5.41) is 1.16. The molecule has 23 heavy (non-hydrogen) atoms. The molecular weight excluding hydrogens is 329 g/mol. The second kappa shape index (κ2) is 7.48. The fraction of sp³-hybridized carbons (Fsp3) is 0.316. The third-order valence-electron chi connectivity index (χ3n) is 4.32. The molecule has 0 N–H and O–H groups in total. The second-order valence-corrected chi connectivity index (χ2v) is 6.87. The first kappa shape index (κ1) is 16.5. The minimum Gasteiger partial charge on any atom is -0.298 e. The van der Waals surface area contributed by atoms with E-state index in [1.165, 1.54) is 0 Å². The first-order valence-corrected chi connectivity index (χ1v) is 8.64. The zero-order chi connectivity index (χ0) is 16.2. The Balaban J connectivity index is 1.66. The van der Waals surface area contributed by atoms with Crippen LogP contribution in [0.1, 0.15) is 28.8 Å². The molecule has 2 aromatic carbocycles. The predicted octanol–water partition coefficient (Wildman–Crippen LogP) is 5.09. The van der Waals surface area contributed by atoms with Crippen LogP contribution in [0.5, 0.6) is 0 Å². The lowest BCUT2D eigenvalue weighted by atomic mass is 9.90. The fourth-order valence-corrected chi connectivity index (χ4v) is 3.47. The van der Waals surface area contributed by atoms with Gasteiger partial charge >= 0.3 is 0 Å². The van der Waals surface area contributed by atoms with Crippen molar-refractivity contribution in [3.05, 3.63) is 69.7 Å². The van der Waals surface area contributed by atoms with E-state index in [0.717, 1.165) is 43.6 Å². The number of piperidine rings is 1. The molecule has 1 fully saturated rings. The van der Waals surface area contributed by atoms with Crippen LogP contribution in [-0.2, 0) is 6.54 Å². The largest absolute Gasteiger partial charge is 0.298 e. The summed E-state index contributed by atoms with van der Waals surface area (Å²) >= 11 is 12.1. The SMILES string of the molecule is O=C(c1ccccc1)C1CCCN(Cc2ccc(Cl)c(Cl)c2)C1. The lowest BCUT2D eigenvalue weighted by molar-refractivity contribution is 0.0811. The van der Waals surface area contributed by atoms with E-state index in [2.05, 4.69) is 4.90 Å². The zero-order valence-corrected chi connectivity index (χ0v) is 14.4. The van der Waals surface area contributed by atoms with Crippen molar-refractivity contribution in [2.45, 2.75) is 19.4 Å². The maximum atomic E-state index is 12.6. The van der Waals surface area contributed by atoms with E-state index in [-0.39, 0.29) is 11.7 Å². The van der Waals surface area contributed by atoms with Crippen molar-refractivity contribution < 1.29 is 4.79 Å². The lowest BCUT2D eigenvalue weighted by Crippen LogP contribution is -2.38. The molecule has 0 saturated carbocycles. The van der Waals surface area contributed by atoms with Gasteiger partial charge < -0.3 is 0 Å². The van der Waals surface area contributed by atoms with Crippen molar-refractivity contribution in [1.29, 1.82) is 0 Å². The molecular formula is C19H19Cl2NO. The van der Waals surface area contributed by atoms with Crippen LogP contribution in [0.3, 0.4) is 0 Å². The Morgan fingerprint density at radius 3 is 2.61 bits per heavy atom. The maximum absolute atomic E-state index is 12.6. The molecule has 2 nitrogen and oxygen atoms in total. The number of hydrogen-bond donors (Lipinski definition) is 0. The quantitative estimate of drug-likeness (QED) is 0.718. The number of rotatable bonds is 4. The van der Waals surface area contributed by atoms with Crippen LogP contribution < -0.4 is 0 Å². The number of carbonyl (C=O) groups is 1. The van der Waals surface area contributed by atoms with E-state index in [4.69, 9.17) is 23.2 Å². The van der Waals surface area contributed by atoms with Gasteiger partial charge in [-0.3, -0.25) is 9.69 Å². The highest BCUT2D eigenvalue weighted by Gasteiger charge is 2.26. The van der Waals surface area contributed by atoms with Crippen LogP contribution in [-0.4, -0.2) is 23.8 Å². The summed E-state index contributed by atoms with van der Waals surface area (Å²) in [7, 11) is 0. The van der Waals surface area contributed by atoms with Crippen molar-refractivity contribution >= 4 is 29.0 Å². The number of carbonyl (C=O) groups excluding carboxylic acids is 1. The van der Waals surface area contributed by atoms with E-state index in [1.54, 1.807) is 0 Å². The van der Waals surface area contributed by atoms with Crippen LogP contribution >= 0.6 is 23.2 Å². The molecule has 4 heteroatoms. The van der Waals surface area contributed by atoms with Gasteiger partial charge in [-0.15, -0.1) is 0 Å². The van der Waals surface area contributed by atoms with Gasteiger partial charge in [0.15, 0.2) is 5.78 Å². The van der Waals surface area contributed by atoms with Gasteiger partial charge in [0.1, 0.15) is 0 Å². The molecule has 0 amide bonds. The molecule has 1 aliphatic rings. The molecule has 1 aliphatic heterocycles. The van der Waals surface area contributed by atoms with Crippen molar-refractivity contribution in [1.82, 2.24) is 4.90 Å². The third kappa shape index (κ3) is 4.14. The Morgan fingerprint density at radius 2 is 1.87 bits per heavy atom. The van der Waals surface area contributed by atoms with Crippen molar-refractivity contribution in [2.75, 3.05) is 13.1 Å². The first-order valence-electron chi connectivity index (χ1n) is 7.89. The Bertz CT molecular complexity index is 687. The molecule has 1 heterocycles. The average molecular weight is 348 g/mol. The van der Waals surface area contributed by atoms with Gasteiger partial charge in [0.2, 0.25) is 0 Å². The number of likely N-dealkylation sites (tertiary alicyclic amines) is 1. The average Bonchev–Trinajstić information content (AvgIpc) is 2.58. The molecule has 120 valence electrons. The Kier molecular flexibility index (Phi) is 5.37. The summed E-state index contributed by atoms with van der Waals surface area (Å²) in [6.07, 6.45) is 2.01. The van der Waals surface area contributed by atoms with Crippen molar-refractivity contribution in [2.24, 2.45) is 5.92 Å². The molecule has 1 saturated heterocycles. The van der Waals surface area contributed by atoms with E-state index in [9.17, 15) is 4.79 Å². The van der Waals surface area contributed by atoms with E-state index in [1.807, 2.05) is 48.5 Å². The monoisotopic (exact) mass is 347 g/mol. The summed E-state index contributed by atoms with van der Waals surface area (Å²) in [5.41, 5.74) is 1.95. The van der Waals surface area contributed by atoms with Crippen molar-refractivity contribution in [3.8, 4) is 0 Å². The zero-order valence-electron chi connectivity index (χ0n) is 12.8. The third-order valence-corrected chi connectivity index (χ3v) is 5.06. The molecule has 1 unspecified atom stereocenters. The minimum absolute atomic E-state index is 0.0777. The highest BCUT2D eigenvalue weighted by molar-refractivity contribution is 6.42. The number of nitrogens with zero attached hydrogens (tertiary/aromatic N) is 1. The lowest BCUT2D eigenvalue weighted by Gasteiger charge is -2.32. The summed E-state index contributed by atoms with van der Waals surface area (Å²) in [6, 6.07) is 15.3. The van der Waals surface area contributed by atoms with E-state index < -0.39 is 0 Å². The molecule has 0 spiro atoms. The van der Waals surface area contributed by atoms with Crippen molar-refractivity contribution in [3.63, 3.8) is 0 Å². The van der Waals surface area contributed by atoms with Gasteiger partial charge in [0, 0.05) is 24.6 Å². The summed E-state index contributed by atoms with van der Waals surface area (Å²) in [6.45, 7) is 2.61. The Labute approximate surface area is 147 Å². The molecule has 2 aromatic rings. The smallest absolute Gasteiger partial charge is 0.167 e. The molecule has 1 atom stereocenters. The van der Waals surface area contributed by atoms with Gasteiger partial charge in [0.05, 0.1) is 10.0 Å². The molecule has 3 rings (SSSR count). The molecule has 0 aliphatic carbocycles. The van der Waals surface area contributed by atoms with Crippen LogP contribution in [0, 0.1) is 5.92 Å². The predicted molar refractivity (Wildman–Crippen MR) is 95.2 cm³/mol. The number of Topliss-reactive ketones (excluding diaryl/α,β-unsaturated/α-hetero) is 1. The van der Waals surface area contributed by atoms with Gasteiger partial charge in [-0.1, -0.05) is 59.6 Å². The summed E-state index contributed by atoms with van der Waals surface area (Å²) in [4.78, 5) is 15.0. The maximum Gasteiger partial charge on any atom is 0.167 e. The van der Waals surface area contributed by atoms with Crippen LogP contribution in [0.4, 0.5) is 0 Å². The second-order valence-electron chi connectivity index (χ2n) is 6.05. The van der Waals surface area contributed by atoms with Crippen LogP contribution in [0.25, 0.3) is 0 Å². The molecule has 0 aromatic heterocycles.